The molecule has 2 heterocycles. The number of hydrogen-bond acceptors (Lipinski definition) is 3. The van der Waals surface area contributed by atoms with Gasteiger partial charge in [0, 0.05) is 4.88 Å². The third-order valence-electron chi connectivity index (χ3n) is 4.10. The van der Waals surface area contributed by atoms with Crippen LogP contribution in [0.1, 0.15) is 16.3 Å². The summed E-state index contributed by atoms with van der Waals surface area (Å²) in [7, 11) is 0. The molecule has 0 amide bonds. The molecule has 2 aromatic carbocycles. The Balaban J connectivity index is 1.97. The number of fused-ring (bicyclic) bond motifs is 1. The van der Waals surface area contributed by atoms with E-state index in [1.165, 1.54) is 10.4 Å². The van der Waals surface area contributed by atoms with Crippen LogP contribution in [-0.2, 0) is 0 Å². The van der Waals surface area contributed by atoms with E-state index in [0.717, 1.165) is 5.69 Å². The van der Waals surface area contributed by atoms with Crippen LogP contribution < -0.4 is 5.56 Å². The van der Waals surface area contributed by atoms with Crippen LogP contribution in [0.2, 0.25) is 0 Å². The van der Waals surface area contributed by atoms with Crippen molar-refractivity contribution < 1.29 is 0 Å². The summed E-state index contributed by atoms with van der Waals surface area (Å²) in [5.74, 6) is 0.628. The van der Waals surface area contributed by atoms with Crippen molar-refractivity contribution >= 4 is 34.4 Å². The molecule has 25 heavy (non-hydrogen) atoms. The predicted molar refractivity (Wildman–Crippen MR) is 105 cm³/mol. The van der Waals surface area contributed by atoms with E-state index in [4.69, 9.17) is 4.98 Å². The van der Waals surface area contributed by atoms with E-state index in [2.05, 4.69) is 18.4 Å². The van der Waals surface area contributed by atoms with Crippen molar-refractivity contribution in [3.63, 3.8) is 0 Å². The lowest BCUT2D eigenvalue weighted by Crippen LogP contribution is -2.22. The molecule has 0 radical (unpaired) electrons. The summed E-state index contributed by atoms with van der Waals surface area (Å²) in [4.78, 5) is 19.0. The Kier molecular flexibility index (Phi) is 4.04. The summed E-state index contributed by atoms with van der Waals surface area (Å²) < 4.78 is 1.67. The summed E-state index contributed by atoms with van der Waals surface area (Å²) in [6, 6.07) is 19.2. The van der Waals surface area contributed by atoms with Crippen LogP contribution in [0, 0.1) is 6.92 Å². The summed E-state index contributed by atoms with van der Waals surface area (Å²) >= 11 is 1.68. The number of aryl methyl sites for hydroxylation is 1. The number of nitrogens with zero attached hydrogens (tertiary/aromatic N) is 2. The van der Waals surface area contributed by atoms with Crippen LogP contribution >= 0.6 is 11.3 Å². The Labute approximate surface area is 149 Å². The van der Waals surface area contributed by atoms with Crippen molar-refractivity contribution in [1.29, 1.82) is 0 Å². The molecule has 0 spiro atoms. The fourth-order valence-electron chi connectivity index (χ4n) is 2.79. The van der Waals surface area contributed by atoms with Crippen LogP contribution in [0.25, 0.3) is 28.7 Å². The third kappa shape index (κ3) is 2.92. The lowest BCUT2D eigenvalue weighted by molar-refractivity contribution is 0.944. The first-order chi connectivity index (χ1) is 12.2. The largest absolute Gasteiger partial charge is 0.268 e. The van der Waals surface area contributed by atoms with Gasteiger partial charge in [-0.05, 0) is 60.4 Å². The molecule has 0 aliphatic carbocycles. The van der Waals surface area contributed by atoms with Gasteiger partial charge in [-0.3, -0.25) is 9.36 Å². The van der Waals surface area contributed by atoms with Gasteiger partial charge in [0.05, 0.1) is 16.6 Å². The minimum atomic E-state index is -0.0562. The molecule has 0 saturated carbocycles. The number of para-hydroxylation sites is 2. The maximum absolute atomic E-state index is 13.1. The fourth-order valence-corrected chi connectivity index (χ4v) is 3.61. The molecule has 4 heteroatoms. The predicted octanol–water partition coefficient (Wildman–Crippen LogP) is 4.93. The zero-order chi connectivity index (χ0) is 17.2. The molecular weight excluding hydrogens is 328 g/mol. The first kappa shape index (κ1) is 15.5. The van der Waals surface area contributed by atoms with E-state index in [0.29, 0.717) is 16.7 Å². The molecule has 0 unspecified atom stereocenters. The number of hydrogen-bond donors (Lipinski definition) is 0. The van der Waals surface area contributed by atoms with Crippen LogP contribution in [0.15, 0.2) is 70.8 Å². The van der Waals surface area contributed by atoms with Gasteiger partial charge in [0.15, 0.2) is 0 Å². The van der Waals surface area contributed by atoms with Crippen molar-refractivity contribution in [3.8, 4) is 5.69 Å². The molecule has 4 aromatic rings. The Morgan fingerprint density at radius 2 is 1.72 bits per heavy atom. The normalized spacial score (nSPS) is 11.4. The van der Waals surface area contributed by atoms with Crippen LogP contribution in [-0.4, -0.2) is 9.55 Å². The van der Waals surface area contributed by atoms with E-state index < -0.39 is 0 Å². The molecule has 0 aliphatic heterocycles. The monoisotopic (exact) mass is 344 g/mol. The van der Waals surface area contributed by atoms with E-state index in [1.807, 2.05) is 66.7 Å². The molecule has 0 bridgehead atoms. The van der Waals surface area contributed by atoms with Gasteiger partial charge in [0.2, 0.25) is 0 Å². The summed E-state index contributed by atoms with van der Waals surface area (Å²) in [5.41, 5.74) is 2.69. The lowest BCUT2D eigenvalue weighted by Gasteiger charge is -2.11. The maximum Gasteiger partial charge on any atom is 0.266 e. The number of aromatic nitrogens is 2. The highest BCUT2D eigenvalue weighted by molar-refractivity contribution is 7.11. The fraction of sp³-hybridized carbons (Fsp3) is 0.0476. The van der Waals surface area contributed by atoms with E-state index >= 15 is 0 Å². The first-order valence-electron chi connectivity index (χ1n) is 8.03. The van der Waals surface area contributed by atoms with Crippen molar-refractivity contribution in [2.24, 2.45) is 0 Å². The number of rotatable bonds is 3. The molecule has 0 fully saturated rings. The Morgan fingerprint density at radius 3 is 2.48 bits per heavy atom. The summed E-state index contributed by atoms with van der Waals surface area (Å²) in [6.45, 7) is 2.08. The van der Waals surface area contributed by atoms with Gasteiger partial charge >= 0.3 is 0 Å². The second kappa shape index (κ2) is 6.49. The van der Waals surface area contributed by atoms with Crippen LogP contribution in [0.3, 0.4) is 0 Å². The second-order valence-electron chi connectivity index (χ2n) is 5.76. The third-order valence-corrected chi connectivity index (χ3v) is 5.09. The standard InChI is InChI=1S/C21H16N2OS/c1-15-13-14-25-19(15)11-12-20-22-18-10-6-5-9-17(18)21(24)23(20)16-7-3-2-4-8-16/h2-14H,1H3/b12-11+. The first-order valence-corrected chi connectivity index (χ1v) is 8.91. The van der Waals surface area contributed by atoms with Gasteiger partial charge in [0.1, 0.15) is 5.82 Å². The van der Waals surface area contributed by atoms with Gasteiger partial charge in [-0.15, -0.1) is 11.3 Å². The molecule has 3 nitrogen and oxygen atoms in total. The van der Waals surface area contributed by atoms with Gasteiger partial charge in [-0.1, -0.05) is 30.3 Å². The van der Waals surface area contributed by atoms with Crippen molar-refractivity contribution in [3.05, 3.63) is 92.7 Å². The van der Waals surface area contributed by atoms with Crippen molar-refractivity contribution in [1.82, 2.24) is 9.55 Å². The Bertz CT molecular complexity index is 1120. The number of benzene rings is 2. The average molecular weight is 344 g/mol. The van der Waals surface area contributed by atoms with E-state index in [1.54, 1.807) is 15.9 Å². The molecular formula is C21H16N2OS. The molecule has 0 atom stereocenters. The Hall–Kier alpha value is -2.98. The maximum atomic E-state index is 13.1. The van der Waals surface area contributed by atoms with Crippen LogP contribution in [0.4, 0.5) is 0 Å². The number of thiophene rings is 1. The minimum absolute atomic E-state index is 0.0562. The molecule has 2 aromatic heterocycles. The highest BCUT2D eigenvalue weighted by Crippen LogP contribution is 2.20. The Morgan fingerprint density at radius 1 is 0.960 bits per heavy atom. The van der Waals surface area contributed by atoms with Gasteiger partial charge in [0.25, 0.3) is 5.56 Å². The van der Waals surface area contributed by atoms with Gasteiger partial charge in [-0.25, -0.2) is 4.98 Å². The highest BCUT2D eigenvalue weighted by Gasteiger charge is 2.10. The quantitative estimate of drug-likeness (QED) is 0.528. The van der Waals surface area contributed by atoms with Gasteiger partial charge in [-0.2, -0.15) is 0 Å². The smallest absolute Gasteiger partial charge is 0.266 e. The van der Waals surface area contributed by atoms with Crippen LogP contribution in [0.5, 0.6) is 0 Å². The minimum Gasteiger partial charge on any atom is -0.268 e. The zero-order valence-corrected chi connectivity index (χ0v) is 14.5. The molecule has 0 aliphatic rings. The lowest BCUT2D eigenvalue weighted by atomic mass is 10.2. The molecule has 0 N–H and O–H groups in total. The summed E-state index contributed by atoms with van der Waals surface area (Å²) in [5, 5.41) is 2.68. The average Bonchev–Trinajstić information content (AvgIpc) is 3.06. The molecule has 4 rings (SSSR count). The molecule has 122 valence electrons. The van der Waals surface area contributed by atoms with E-state index in [-0.39, 0.29) is 5.56 Å². The zero-order valence-electron chi connectivity index (χ0n) is 13.7. The molecule has 0 saturated heterocycles. The summed E-state index contributed by atoms with van der Waals surface area (Å²) in [6.07, 6.45) is 3.94. The van der Waals surface area contributed by atoms with Crippen molar-refractivity contribution in [2.75, 3.05) is 0 Å². The second-order valence-corrected chi connectivity index (χ2v) is 6.71. The van der Waals surface area contributed by atoms with E-state index in [9.17, 15) is 4.79 Å². The highest BCUT2D eigenvalue weighted by atomic mass is 32.1. The van der Waals surface area contributed by atoms with Crippen molar-refractivity contribution in [2.45, 2.75) is 6.92 Å². The topological polar surface area (TPSA) is 34.9 Å². The SMILES string of the molecule is Cc1ccsc1/C=C/c1nc2ccccc2c(=O)n1-c1ccccc1. The van der Waals surface area contributed by atoms with Gasteiger partial charge < -0.3 is 0 Å².